The fourth-order valence-electron chi connectivity index (χ4n) is 1.12. The molecule has 0 amide bonds. The lowest BCUT2D eigenvalue weighted by atomic mass is 10.3. The summed E-state index contributed by atoms with van der Waals surface area (Å²) >= 11 is 1.06. The number of aromatic nitrogens is 3. The van der Waals surface area contributed by atoms with E-state index in [-0.39, 0.29) is 5.82 Å². The Kier molecular flexibility index (Phi) is 3.37. The third-order valence-electron chi connectivity index (χ3n) is 1.96. The summed E-state index contributed by atoms with van der Waals surface area (Å²) in [6.07, 6.45) is -0.737. The summed E-state index contributed by atoms with van der Waals surface area (Å²) in [5.74, 6) is 0.212. The summed E-state index contributed by atoms with van der Waals surface area (Å²) in [7, 11) is 0. The van der Waals surface area contributed by atoms with Gasteiger partial charge < -0.3 is 5.73 Å². The first-order valence-electron chi connectivity index (χ1n) is 4.74. The van der Waals surface area contributed by atoms with E-state index in [2.05, 4.69) is 15.0 Å². The van der Waals surface area contributed by atoms with Crippen molar-refractivity contribution in [2.24, 2.45) is 0 Å². The monoisotopic (exact) mass is 272 g/mol. The molecule has 2 heterocycles. The van der Waals surface area contributed by atoms with Gasteiger partial charge in [-0.25, -0.2) is 15.0 Å². The molecule has 0 aliphatic carbocycles. The molecule has 2 rings (SSSR count). The third kappa shape index (κ3) is 2.89. The van der Waals surface area contributed by atoms with Gasteiger partial charge in [0.15, 0.2) is 5.82 Å². The van der Waals surface area contributed by atoms with E-state index in [1.54, 1.807) is 0 Å². The van der Waals surface area contributed by atoms with Crippen LogP contribution in [0, 0.1) is 0 Å². The van der Waals surface area contributed by atoms with Gasteiger partial charge in [0.05, 0.1) is 5.56 Å². The number of hydrogen-bond donors (Lipinski definition) is 1. The molecule has 0 unspecified atom stereocenters. The first-order chi connectivity index (χ1) is 8.47. The van der Waals surface area contributed by atoms with E-state index in [1.807, 2.05) is 0 Å². The standard InChI is InChI=1S/C10H7F3N4S/c11-10(12,13)6-1-2-7(17-5-6)18-9-8(14)15-3-4-16-9/h1-5H,(H2,14,15). The van der Waals surface area contributed by atoms with E-state index in [0.29, 0.717) is 10.1 Å². The zero-order valence-corrected chi connectivity index (χ0v) is 9.66. The number of nitrogens with two attached hydrogens (primary N) is 1. The van der Waals surface area contributed by atoms with Crippen LogP contribution in [0.4, 0.5) is 19.0 Å². The predicted molar refractivity (Wildman–Crippen MR) is 59.8 cm³/mol. The van der Waals surface area contributed by atoms with Crippen molar-refractivity contribution in [2.45, 2.75) is 16.2 Å². The highest BCUT2D eigenvalue weighted by molar-refractivity contribution is 7.99. The van der Waals surface area contributed by atoms with Crippen molar-refractivity contribution in [2.75, 3.05) is 5.73 Å². The molecule has 94 valence electrons. The number of pyridine rings is 1. The number of nitrogen functional groups attached to an aromatic ring is 1. The van der Waals surface area contributed by atoms with Crippen molar-refractivity contribution in [3.8, 4) is 0 Å². The molecule has 0 bridgehead atoms. The van der Waals surface area contributed by atoms with Crippen LogP contribution in [-0.4, -0.2) is 15.0 Å². The van der Waals surface area contributed by atoms with E-state index in [4.69, 9.17) is 5.73 Å². The van der Waals surface area contributed by atoms with Crippen molar-refractivity contribution < 1.29 is 13.2 Å². The molecular formula is C10H7F3N4S. The van der Waals surface area contributed by atoms with Gasteiger partial charge in [0.2, 0.25) is 0 Å². The first kappa shape index (κ1) is 12.6. The SMILES string of the molecule is Nc1nccnc1Sc1ccc(C(F)(F)F)cn1. The lowest BCUT2D eigenvalue weighted by Crippen LogP contribution is -2.05. The van der Waals surface area contributed by atoms with Crippen LogP contribution in [0.15, 0.2) is 40.8 Å². The highest BCUT2D eigenvalue weighted by Gasteiger charge is 2.30. The Hall–Kier alpha value is -1.83. The number of hydrogen-bond acceptors (Lipinski definition) is 5. The maximum absolute atomic E-state index is 12.3. The zero-order valence-electron chi connectivity index (χ0n) is 8.85. The Balaban J connectivity index is 2.19. The quantitative estimate of drug-likeness (QED) is 0.910. The highest BCUT2D eigenvalue weighted by atomic mass is 32.2. The van der Waals surface area contributed by atoms with Crippen molar-refractivity contribution in [3.05, 3.63) is 36.3 Å². The van der Waals surface area contributed by atoms with Crippen LogP contribution in [0.1, 0.15) is 5.56 Å². The molecule has 0 radical (unpaired) electrons. The number of rotatable bonds is 2. The predicted octanol–water partition coefficient (Wildman–Crippen LogP) is 2.62. The Morgan fingerprint density at radius 1 is 1.06 bits per heavy atom. The van der Waals surface area contributed by atoms with Crippen LogP contribution in [0.2, 0.25) is 0 Å². The van der Waals surface area contributed by atoms with E-state index in [1.165, 1.54) is 18.5 Å². The van der Waals surface area contributed by atoms with Gasteiger partial charge in [-0.2, -0.15) is 13.2 Å². The van der Waals surface area contributed by atoms with Gasteiger partial charge in [-0.15, -0.1) is 0 Å². The Bertz CT molecular complexity index is 542. The second-order valence-electron chi connectivity index (χ2n) is 3.23. The minimum absolute atomic E-state index is 0.212. The van der Waals surface area contributed by atoms with Gasteiger partial charge in [0.1, 0.15) is 10.1 Å². The summed E-state index contributed by atoms with van der Waals surface area (Å²) in [5, 5.41) is 0.778. The number of halogens is 3. The third-order valence-corrected chi connectivity index (χ3v) is 2.91. The number of anilines is 1. The van der Waals surface area contributed by atoms with Gasteiger partial charge >= 0.3 is 6.18 Å². The van der Waals surface area contributed by atoms with Crippen molar-refractivity contribution in [3.63, 3.8) is 0 Å². The van der Waals surface area contributed by atoms with Crippen LogP contribution >= 0.6 is 11.8 Å². The van der Waals surface area contributed by atoms with Crippen LogP contribution in [0.3, 0.4) is 0 Å². The molecule has 18 heavy (non-hydrogen) atoms. The van der Waals surface area contributed by atoms with Crippen LogP contribution in [-0.2, 0) is 6.18 Å². The molecule has 0 saturated carbocycles. The molecule has 0 saturated heterocycles. The molecule has 4 nitrogen and oxygen atoms in total. The summed E-state index contributed by atoms with van der Waals surface area (Å²) in [6.45, 7) is 0. The molecular weight excluding hydrogens is 265 g/mol. The van der Waals surface area contributed by atoms with E-state index >= 15 is 0 Å². The van der Waals surface area contributed by atoms with E-state index < -0.39 is 11.7 Å². The number of nitrogens with zero attached hydrogens (tertiary/aromatic N) is 3. The molecule has 0 fully saturated rings. The van der Waals surface area contributed by atoms with Crippen LogP contribution in [0.25, 0.3) is 0 Å². The minimum atomic E-state index is -4.39. The molecule has 2 N–H and O–H groups in total. The average Bonchev–Trinajstić information content (AvgIpc) is 2.32. The fourth-order valence-corrected chi connectivity index (χ4v) is 1.83. The fraction of sp³-hybridized carbons (Fsp3) is 0.100. The van der Waals surface area contributed by atoms with Crippen molar-refractivity contribution in [1.82, 2.24) is 15.0 Å². The maximum Gasteiger partial charge on any atom is 0.417 e. The number of alkyl halides is 3. The Morgan fingerprint density at radius 2 is 1.78 bits per heavy atom. The summed E-state index contributed by atoms with van der Waals surface area (Å²) < 4.78 is 37.0. The molecule has 2 aromatic rings. The zero-order chi connectivity index (χ0) is 13.2. The topological polar surface area (TPSA) is 64.7 Å². The molecule has 0 aliphatic rings. The second-order valence-corrected chi connectivity index (χ2v) is 4.24. The Labute approximate surface area is 104 Å². The molecule has 0 aliphatic heterocycles. The molecule has 0 aromatic carbocycles. The van der Waals surface area contributed by atoms with Crippen molar-refractivity contribution in [1.29, 1.82) is 0 Å². The second kappa shape index (κ2) is 4.81. The van der Waals surface area contributed by atoms with Gasteiger partial charge in [-0.05, 0) is 23.9 Å². The van der Waals surface area contributed by atoms with Gasteiger partial charge in [0.25, 0.3) is 0 Å². The first-order valence-corrected chi connectivity index (χ1v) is 5.56. The van der Waals surface area contributed by atoms with Gasteiger partial charge in [-0.3, -0.25) is 0 Å². The summed E-state index contributed by atoms with van der Waals surface area (Å²) in [5.41, 5.74) is 4.77. The summed E-state index contributed by atoms with van der Waals surface area (Å²) in [4.78, 5) is 11.5. The maximum atomic E-state index is 12.3. The van der Waals surface area contributed by atoms with E-state index in [0.717, 1.165) is 24.0 Å². The average molecular weight is 272 g/mol. The summed E-state index contributed by atoms with van der Waals surface area (Å²) in [6, 6.07) is 2.23. The van der Waals surface area contributed by atoms with Crippen LogP contribution in [0.5, 0.6) is 0 Å². The normalized spacial score (nSPS) is 11.5. The molecule has 0 atom stereocenters. The lowest BCUT2D eigenvalue weighted by Gasteiger charge is -2.06. The molecule has 8 heteroatoms. The largest absolute Gasteiger partial charge is 0.417 e. The smallest absolute Gasteiger partial charge is 0.381 e. The molecule has 2 aromatic heterocycles. The lowest BCUT2D eigenvalue weighted by molar-refractivity contribution is -0.137. The highest BCUT2D eigenvalue weighted by Crippen LogP contribution is 2.31. The van der Waals surface area contributed by atoms with Crippen LogP contribution < -0.4 is 5.73 Å². The van der Waals surface area contributed by atoms with Gasteiger partial charge in [-0.1, -0.05) is 0 Å². The molecule has 0 spiro atoms. The Morgan fingerprint density at radius 3 is 2.33 bits per heavy atom. The minimum Gasteiger partial charge on any atom is -0.381 e. The van der Waals surface area contributed by atoms with E-state index in [9.17, 15) is 13.2 Å². The van der Waals surface area contributed by atoms with Crippen molar-refractivity contribution >= 4 is 17.6 Å². The van der Waals surface area contributed by atoms with Gasteiger partial charge in [0, 0.05) is 18.6 Å².